The number of carbonyl (C=O) groups excluding carboxylic acids is 1. The summed E-state index contributed by atoms with van der Waals surface area (Å²) in [5.74, 6) is 0.124. The summed E-state index contributed by atoms with van der Waals surface area (Å²) >= 11 is 0. The van der Waals surface area contributed by atoms with Gasteiger partial charge in [0.2, 0.25) is 5.91 Å². The second-order valence-corrected chi connectivity index (χ2v) is 6.69. The SMILES string of the molecule is CN(Cc1ccccc1)C(=O)C1CCN(c2ccccc2[N+](=O)[O-])CC1. The molecule has 2 aromatic rings. The fourth-order valence-electron chi connectivity index (χ4n) is 3.50. The van der Waals surface area contributed by atoms with E-state index in [9.17, 15) is 14.9 Å². The van der Waals surface area contributed by atoms with Crippen LogP contribution in [0.3, 0.4) is 0 Å². The monoisotopic (exact) mass is 353 g/mol. The van der Waals surface area contributed by atoms with Crippen LogP contribution in [0.2, 0.25) is 0 Å². The molecule has 0 aliphatic carbocycles. The molecule has 2 aromatic carbocycles. The lowest BCUT2D eigenvalue weighted by Gasteiger charge is -2.34. The number of hydrogen-bond donors (Lipinski definition) is 0. The van der Waals surface area contributed by atoms with E-state index in [-0.39, 0.29) is 22.4 Å². The first-order valence-corrected chi connectivity index (χ1v) is 8.83. The minimum absolute atomic E-state index is 0.0252. The molecule has 1 amide bonds. The Balaban J connectivity index is 1.60. The number of rotatable bonds is 5. The van der Waals surface area contributed by atoms with Gasteiger partial charge >= 0.3 is 0 Å². The van der Waals surface area contributed by atoms with Crippen molar-refractivity contribution in [1.29, 1.82) is 0 Å². The lowest BCUT2D eigenvalue weighted by Crippen LogP contribution is -2.41. The van der Waals surface area contributed by atoms with E-state index in [4.69, 9.17) is 0 Å². The Labute approximate surface area is 153 Å². The Kier molecular flexibility index (Phi) is 5.51. The highest BCUT2D eigenvalue weighted by atomic mass is 16.6. The maximum atomic E-state index is 12.7. The van der Waals surface area contributed by atoms with Crippen LogP contribution in [0, 0.1) is 16.0 Å². The van der Waals surface area contributed by atoms with E-state index >= 15 is 0 Å². The van der Waals surface area contributed by atoms with E-state index in [0.29, 0.717) is 38.2 Å². The van der Waals surface area contributed by atoms with Crippen molar-refractivity contribution < 1.29 is 9.72 Å². The molecule has 6 heteroatoms. The Hall–Kier alpha value is -2.89. The average Bonchev–Trinajstić information content (AvgIpc) is 2.68. The highest BCUT2D eigenvalue weighted by Gasteiger charge is 2.29. The molecule has 6 nitrogen and oxygen atoms in total. The van der Waals surface area contributed by atoms with Crippen LogP contribution >= 0.6 is 0 Å². The topological polar surface area (TPSA) is 66.7 Å². The number of para-hydroxylation sites is 2. The summed E-state index contributed by atoms with van der Waals surface area (Å²) in [5, 5.41) is 11.2. The molecule has 0 bridgehead atoms. The van der Waals surface area contributed by atoms with Crippen LogP contribution in [-0.4, -0.2) is 35.9 Å². The number of nitrogens with zero attached hydrogens (tertiary/aromatic N) is 3. The van der Waals surface area contributed by atoms with Crippen LogP contribution in [0.4, 0.5) is 11.4 Å². The van der Waals surface area contributed by atoms with E-state index in [0.717, 1.165) is 5.56 Å². The smallest absolute Gasteiger partial charge is 0.292 e. The highest BCUT2D eigenvalue weighted by Crippen LogP contribution is 2.31. The van der Waals surface area contributed by atoms with Gasteiger partial charge in [-0.25, -0.2) is 0 Å². The summed E-state index contributed by atoms with van der Waals surface area (Å²) in [7, 11) is 1.84. The molecular formula is C20H23N3O3. The molecule has 0 aromatic heterocycles. The number of anilines is 1. The zero-order valence-electron chi connectivity index (χ0n) is 14.9. The lowest BCUT2D eigenvalue weighted by molar-refractivity contribution is -0.384. The lowest BCUT2D eigenvalue weighted by atomic mass is 9.94. The van der Waals surface area contributed by atoms with E-state index < -0.39 is 0 Å². The largest absolute Gasteiger partial charge is 0.366 e. The summed E-state index contributed by atoms with van der Waals surface area (Å²) < 4.78 is 0. The van der Waals surface area contributed by atoms with Crippen molar-refractivity contribution in [2.24, 2.45) is 5.92 Å². The molecule has 1 fully saturated rings. The number of piperidine rings is 1. The van der Waals surface area contributed by atoms with Gasteiger partial charge in [0.15, 0.2) is 0 Å². The van der Waals surface area contributed by atoms with Gasteiger partial charge in [0.25, 0.3) is 5.69 Å². The highest BCUT2D eigenvalue weighted by molar-refractivity contribution is 5.79. The Morgan fingerprint density at radius 2 is 1.73 bits per heavy atom. The maximum absolute atomic E-state index is 12.7. The van der Waals surface area contributed by atoms with Crippen molar-refractivity contribution in [3.63, 3.8) is 0 Å². The van der Waals surface area contributed by atoms with Gasteiger partial charge in [-0.05, 0) is 24.5 Å². The molecule has 0 spiro atoms. The molecule has 1 aliphatic heterocycles. The molecule has 1 aliphatic rings. The minimum atomic E-state index is -0.347. The Morgan fingerprint density at radius 3 is 2.38 bits per heavy atom. The van der Waals surface area contributed by atoms with Crippen molar-refractivity contribution in [3.05, 3.63) is 70.3 Å². The zero-order chi connectivity index (χ0) is 18.5. The quantitative estimate of drug-likeness (QED) is 0.610. The first kappa shape index (κ1) is 17.9. The third-order valence-electron chi connectivity index (χ3n) is 4.90. The molecule has 136 valence electrons. The second kappa shape index (κ2) is 7.99. The summed E-state index contributed by atoms with van der Waals surface area (Å²) in [4.78, 5) is 27.4. The molecular weight excluding hydrogens is 330 g/mol. The molecule has 0 atom stereocenters. The van der Waals surface area contributed by atoms with E-state index in [2.05, 4.69) is 0 Å². The van der Waals surface area contributed by atoms with E-state index in [1.54, 1.807) is 17.0 Å². The van der Waals surface area contributed by atoms with Crippen LogP contribution in [0.5, 0.6) is 0 Å². The Morgan fingerprint density at radius 1 is 1.12 bits per heavy atom. The van der Waals surface area contributed by atoms with Crippen molar-refractivity contribution >= 4 is 17.3 Å². The molecule has 0 saturated carbocycles. The first-order valence-electron chi connectivity index (χ1n) is 8.83. The fourth-order valence-corrected chi connectivity index (χ4v) is 3.50. The van der Waals surface area contributed by atoms with Crippen LogP contribution in [0.15, 0.2) is 54.6 Å². The predicted octanol–water partition coefficient (Wildman–Crippen LogP) is 3.47. The van der Waals surface area contributed by atoms with Crippen molar-refractivity contribution in [2.45, 2.75) is 19.4 Å². The molecule has 0 N–H and O–H groups in total. The molecule has 0 radical (unpaired) electrons. The summed E-state index contributed by atoms with van der Waals surface area (Å²) in [6.07, 6.45) is 1.42. The van der Waals surface area contributed by atoms with Gasteiger partial charge in [0.1, 0.15) is 5.69 Å². The number of carbonyl (C=O) groups is 1. The zero-order valence-corrected chi connectivity index (χ0v) is 14.9. The summed E-state index contributed by atoms with van der Waals surface area (Å²) in [6.45, 7) is 1.91. The number of nitro groups is 1. The standard InChI is InChI=1S/C20H23N3O3/c1-21(15-16-7-3-2-4-8-16)20(24)17-11-13-22(14-12-17)18-9-5-6-10-19(18)23(25)26/h2-10,17H,11-15H2,1H3. The number of benzene rings is 2. The van der Waals surface area contributed by atoms with Crippen LogP contribution < -0.4 is 4.90 Å². The predicted molar refractivity (Wildman–Crippen MR) is 101 cm³/mol. The van der Waals surface area contributed by atoms with Crippen LogP contribution in [0.25, 0.3) is 0 Å². The number of nitro benzene ring substituents is 1. The van der Waals surface area contributed by atoms with Crippen molar-refractivity contribution in [2.75, 3.05) is 25.0 Å². The molecule has 3 rings (SSSR count). The van der Waals surface area contributed by atoms with E-state index in [1.807, 2.05) is 48.3 Å². The molecule has 26 heavy (non-hydrogen) atoms. The van der Waals surface area contributed by atoms with Gasteiger partial charge in [-0.15, -0.1) is 0 Å². The summed E-state index contributed by atoms with van der Waals surface area (Å²) in [6, 6.07) is 16.7. The molecule has 1 heterocycles. The van der Waals surface area contributed by atoms with Gasteiger partial charge in [0, 0.05) is 38.7 Å². The average molecular weight is 353 g/mol. The number of amides is 1. The van der Waals surface area contributed by atoms with Crippen LogP contribution in [0.1, 0.15) is 18.4 Å². The normalized spacial score (nSPS) is 14.9. The van der Waals surface area contributed by atoms with Crippen molar-refractivity contribution in [1.82, 2.24) is 4.90 Å². The maximum Gasteiger partial charge on any atom is 0.292 e. The Bertz CT molecular complexity index is 771. The van der Waals surface area contributed by atoms with Gasteiger partial charge in [0.05, 0.1) is 4.92 Å². The third-order valence-corrected chi connectivity index (χ3v) is 4.90. The van der Waals surface area contributed by atoms with Gasteiger partial charge in [-0.2, -0.15) is 0 Å². The molecule has 0 unspecified atom stereocenters. The molecule has 1 saturated heterocycles. The van der Waals surface area contributed by atoms with Crippen LogP contribution in [-0.2, 0) is 11.3 Å². The summed E-state index contributed by atoms with van der Waals surface area (Å²) in [5.41, 5.74) is 1.88. The van der Waals surface area contributed by atoms with Gasteiger partial charge < -0.3 is 9.80 Å². The van der Waals surface area contributed by atoms with Gasteiger partial charge in [-0.1, -0.05) is 42.5 Å². The third kappa shape index (κ3) is 4.02. The van der Waals surface area contributed by atoms with E-state index in [1.165, 1.54) is 6.07 Å². The minimum Gasteiger partial charge on any atom is -0.366 e. The first-order chi connectivity index (χ1) is 12.6. The van der Waals surface area contributed by atoms with Crippen molar-refractivity contribution in [3.8, 4) is 0 Å². The van der Waals surface area contributed by atoms with Gasteiger partial charge in [-0.3, -0.25) is 14.9 Å². The fraction of sp³-hybridized carbons (Fsp3) is 0.350. The number of hydrogen-bond acceptors (Lipinski definition) is 4. The second-order valence-electron chi connectivity index (χ2n) is 6.69.